The molecule has 0 saturated carbocycles. The van der Waals surface area contributed by atoms with E-state index in [1.807, 2.05) is 36.1 Å². The first-order valence-corrected chi connectivity index (χ1v) is 9.40. The molecule has 148 valence electrons. The number of anilines is 2. The number of para-hydroxylation sites is 1. The van der Waals surface area contributed by atoms with E-state index in [1.54, 1.807) is 29.2 Å². The van der Waals surface area contributed by atoms with Gasteiger partial charge in [-0.1, -0.05) is 18.2 Å². The highest BCUT2D eigenvalue weighted by molar-refractivity contribution is 6.03. The Balaban J connectivity index is 1.35. The Hall–Kier alpha value is -3.68. The summed E-state index contributed by atoms with van der Waals surface area (Å²) in [5.74, 6) is 0.626. The topological polar surface area (TPSA) is 91.6 Å². The van der Waals surface area contributed by atoms with Gasteiger partial charge in [0.2, 0.25) is 0 Å². The normalized spacial score (nSPS) is 14.0. The molecule has 8 nitrogen and oxygen atoms in total. The average molecular weight is 391 g/mol. The minimum Gasteiger partial charge on any atom is -0.459 e. The Morgan fingerprint density at radius 2 is 1.76 bits per heavy atom. The van der Waals surface area contributed by atoms with Gasteiger partial charge in [-0.05, 0) is 42.8 Å². The van der Waals surface area contributed by atoms with E-state index in [0.29, 0.717) is 37.8 Å². The molecule has 4 rings (SSSR count). The van der Waals surface area contributed by atoms with Crippen molar-refractivity contribution in [2.45, 2.75) is 6.92 Å². The van der Waals surface area contributed by atoms with Gasteiger partial charge in [0.25, 0.3) is 11.8 Å². The van der Waals surface area contributed by atoms with Gasteiger partial charge in [0.1, 0.15) is 0 Å². The van der Waals surface area contributed by atoms with Crippen molar-refractivity contribution in [1.29, 1.82) is 0 Å². The molecule has 8 heteroatoms. The van der Waals surface area contributed by atoms with Crippen molar-refractivity contribution in [3.63, 3.8) is 0 Å². The molecular weight excluding hydrogens is 370 g/mol. The Morgan fingerprint density at radius 3 is 2.41 bits per heavy atom. The number of nitrogens with one attached hydrogen (secondary N) is 1. The second-order valence-corrected chi connectivity index (χ2v) is 6.80. The van der Waals surface area contributed by atoms with Gasteiger partial charge in [0.15, 0.2) is 17.3 Å². The number of nitrogens with zero attached hydrogens (tertiary/aromatic N) is 4. The van der Waals surface area contributed by atoms with E-state index in [0.717, 1.165) is 11.3 Å². The zero-order chi connectivity index (χ0) is 20.2. The molecule has 3 heterocycles. The van der Waals surface area contributed by atoms with Gasteiger partial charge in [-0.15, -0.1) is 10.2 Å². The summed E-state index contributed by atoms with van der Waals surface area (Å²) in [6, 6.07) is 14.4. The summed E-state index contributed by atoms with van der Waals surface area (Å²) in [5.41, 5.74) is 1.98. The molecule has 1 aliphatic rings. The molecule has 0 spiro atoms. The first-order chi connectivity index (χ1) is 14.1. The van der Waals surface area contributed by atoms with Gasteiger partial charge in [0, 0.05) is 31.9 Å². The maximum Gasteiger partial charge on any atom is 0.289 e. The zero-order valence-electron chi connectivity index (χ0n) is 16.0. The molecular formula is C21H21N5O3. The van der Waals surface area contributed by atoms with Gasteiger partial charge >= 0.3 is 0 Å². The van der Waals surface area contributed by atoms with Gasteiger partial charge < -0.3 is 19.5 Å². The number of aromatic nitrogens is 2. The molecule has 0 bridgehead atoms. The van der Waals surface area contributed by atoms with Crippen LogP contribution in [0.25, 0.3) is 0 Å². The summed E-state index contributed by atoms with van der Waals surface area (Å²) < 4.78 is 5.18. The Kier molecular flexibility index (Phi) is 5.24. The van der Waals surface area contributed by atoms with E-state index in [1.165, 1.54) is 6.26 Å². The van der Waals surface area contributed by atoms with Crippen LogP contribution in [0, 0.1) is 6.92 Å². The molecule has 29 heavy (non-hydrogen) atoms. The van der Waals surface area contributed by atoms with Crippen LogP contribution in [-0.2, 0) is 0 Å². The zero-order valence-corrected chi connectivity index (χ0v) is 16.0. The van der Waals surface area contributed by atoms with Crippen LogP contribution in [0.4, 0.5) is 11.5 Å². The molecule has 1 N–H and O–H groups in total. The van der Waals surface area contributed by atoms with Crippen molar-refractivity contribution in [3.05, 3.63) is 71.8 Å². The van der Waals surface area contributed by atoms with E-state index in [2.05, 4.69) is 15.5 Å². The van der Waals surface area contributed by atoms with E-state index >= 15 is 0 Å². The second-order valence-electron chi connectivity index (χ2n) is 6.80. The molecule has 2 amide bonds. The third-order valence-electron chi connectivity index (χ3n) is 4.90. The Labute approximate surface area is 168 Å². The number of benzene rings is 1. The number of aryl methyl sites for hydroxylation is 1. The summed E-state index contributed by atoms with van der Waals surface area (Å²) in [5, 5.41) is 11.1. The fraction of sp³-hybridized carbons (Fsp3) is 0.238. The van der Waals surface area contributed by atoms with E-state index in [4.69, 9.17) is 4.42 Å². The number of carbonyl (C=O) groups excluding carboxylic acids is 2. The predicted molar refractivity (Wildman–Crippen MR) is 108 cm³/mol. The monoisotopic (exact) mass is 391 g/mol. The van der Waals surface area contributed by atoms with Gasteiger partial charge in [-0.25, -0.2) is 0 Å². The third-order valence-corrected chi connectivity index (χ3v) is 4.90. The van der Waals surface area contributed by atoms with Crippen LogP contribution in [0.2, 0.25) is 0 Å². The number of furan rings is 1. The van der Waals surface area contributed by atoms with Crippen LogP contribution < -0.4 is 10.2 Å². The highest BCUT2D eigenvalue weighted by Gasteiger charge is 2.24. The van der Waals surface area contributed by atoms with Crippen LogP contribution in [0.15, 0.2) is 59.2 Å². The first-order valence-electron chi connectivity index (χ1n) is 9.40. The Bertz CT molecular complexity index is 993. The molecule has 0 radical (unpaired) electrons. The molecule has 1 fully saturated rings. The minimum atomic E-state index is -0.299. The highest BCUT2D eigenvalue weighted by Crippen LogP contribution is 2.17. The lowest BCUT2D eigenvalue weighted by atomic mass is 10.2. The molecule has 0 aliphatic carbocycles. The quantitative estimate of drug-likeness (QED) is 0.735. The number of hydrogen-bond acceptors (Lipinski definition) is 6. The second kappa shape index (κ2) is 8.14. The third kappa shape index (κ3) is 4.11. The number of piperazine rings is 1. The van der Waals surface area contributed by atoms with Crippen molar-refractivity contribution >= 4 is 23.3 Å². The summed E-state index contributed by atoms with van der Waals surface area (Å²) in [6.07, 6.45) is 1.50. The molecule has 1 saturated heterocycles. The standard InChI is InChI=1S/C21H21N5O3/c1-15-5-2-3-6-16(15)22-20(27)17-8-9-19(24-23-17)25-10-12-26(13-11-25)21(28)18-7-4-14-29-18/h2-9,14H,10-13H2,1H3,(H,22,27). The summed E-state index contributed by atoms with van der Waals surface area (Å²) in [6.45, 7) is 4.33. The van der Waals surface area contributed by atoms with Crippen LogP contribution in [-0.4, -0.2) is 53.1 Å². The highest BCUT2D eigenvalue weighted by atomic mass is 16.3. The molecule has 1 aromatic carbocycles. The average Bonchev–Trinajstić information content (AvgIpc) is 3.30. The van der Waals surface area contributed by atoms with E-state index < -0.39 is 0 Å². The number of hydrogen-bond donors (Lipinski definition) is 1. The van der Waals surface area contributed by atoms with Crippen molar-refractivity contribution in [3.8, 4) is 0 Å². The van der Waals surface area contributed by atoms with Crippen LogP contribution >= 0.6 is 0 Å². The fourth-order valence-corrected chi connectivity index (χ4v) is 3.21. The summed E-state index contributed by atoms with van der Waals surface area (Å²) in [4.78, 5) is 28.5. The van der Waals surface area contributed by atoms with E-state index in [9.17, 15) is 9.59 Å². The van der Waals surface area contributed by atoms with Gasteiger partial charge in [0.05, 0.1) is 6.26 Å². The van der Waals surface area contributed by atoms with Crippen molar-refractivity contribution in [2.75, 3.05) is 36.4 Å². The van der Waals surface area contributed by atoms with Crippen molar-refractivity contribution in [1.82, 2.24) is 15.1 Å². The van der Waals surface area contributed by atoms with Crippen LogP contribution in [0.1, 0.15) is 26.6 Å². The molecule has 2 aromatic heterocycles. The molecule has 3 aromatic rings. The molecule has 0 unspecified atom stereocenters. The van der Waals surface area contributed by atoms with E-state index in [-0.39, 0.29) is 17.5 Å². The number of rotatable bonds is 4. The maximum atomic E-state index is 12.4. The smallest absolute Gasteiger partial charge is 0.289 e. The van der Waals surface area contributed by atoms with Crippen LogP contribution in [0.5, 0.6) is 0 Å². The Morgan fingerprint density at radius 1 is 0.966 bits per heavy atom. The minimum absolute atomic E-state index is 0.107. The lowest BCUT2D eigenvalue weighted by Gasteiger charge is -2.34. The van der Waals surface area contributed by atoms with Crippen molar-refractivity contribution in [2.24, 2.45) is 0 Å². The first kappa shape index (κ1) is 18.7. The number of carbonyl (C=O) groups is 2. The lowest BCUT2D eigenvalue weighted by molar-refractivity contribution is 0.0714. The van der Waals surface area contributed by atoms with Crippen molar-refractivity contribution < 1.29 is 14.0 Å². The summed E-state index contributed by atoms with van der Waals surface area (Å²) in [7, 11) is 0. The summed E-state index contributed by atoms with van der Waals surface area (Å²) >= 11 is 0. The predicted octanol–water partition coefficient (Wildman–Crippen LogP) is 2.59. The molecule has 1 aliphatic heterocycles. The fourth-order valence-electron chi connectivity index (χ4n) is 3.21. The van der Waals surface area contributed by atoms with Gasteiger partial charge in [-0.2, -0.15) is 0 Å². The number of amides is 2. The largest absolute Gasteiger partial charge is 0.459 e. The SMILES string of the molecule is Cc1ccccc1NC(=O)c1ccc(N2CCN(C(=O)c3ccco3)CC2)nn1. The molecule has 0 atom stereocenters. The lowest BCUT2D eigenvalue weighted by Crippen LogP contribution is -2.49. The maximum absolute atomic E-state index is 12.4. The van der Waals surface area contributed by atoms with Gasteiger partial charge in [-0.3, -0.25) is 9.59 Å². The van der Waals surface area contributed by atoms with Crippen LogP contribution in [0.3, 0.4) is 0 Å².